The van der Waals surface area contributed by atoms with Gasteiger partial charge in [0.1, 0.15) is 5.52 Å². The van der Waals surface area contributed by atoms with Crippen LogP contribution < -0.4 is 0 Å². The lowest BCUT2D eigenvalue weighted by Gasteiger charge is -2.23. The quantitative estimate of drug-likeness (QED) is 0.734. The Kier molecular flexibility index (Phi) is 2.36. The average molecular weight is 217 g/mol. The highest BCUT2D eigenvalue weighted by Gasteiger charge is 2.17. The third kappa shape index (κ3) is 1.59. The summed E-state index contributed by atoms with van der Waals surface area (Å²) in [6, 6.07) is 2.64. The predicted molar refractivity (Wildman–Crippen MR) is 61.4 cm³/mol. The number of ether oxygens (including phenoxy) is 1. The molecule has 84 valence electrons. The Morgan fingerprint density at radius 2 is 2.12 bits per heavy atom. The van der Waals surface area contributed by atoms with Gasteiger partial charge in [-0.15, -0.1) is 0 Å². The molecule has 1 aliphatic rings. The second-order valence-corrected chi connectivity index (χ2v) is 4.31. The van der Waals surface area contributed by atoms with E-state index in [2.05, 4.69) is 20.6 Å². The molecule has 0 spiro atoms. The summed E-state index contributed by atoms with van der Waals surface area (Å²) in [7, 11) is 0. The third-order valence-electron chi connectivity index (χ3n) is 3.18. The van der Waals surface area contributed by atoms with Crippen molar-refractivity contribution in [2.75, 3.05) is 13.2 Å². The van der Waals surface area contributed by atoms with Crippen LogP contribution in [0, 0.1) is 6.92 Å². The summed E-state index contributed by atoms with van der Waals surface area (Å²) in [4.78, 5) is 8.66. The molecule has 0 radical (unpaired) electrons. The van der Waals surface area contributed by atoms with Gasteiger partial charge in [0.15, 0.2) is 0 Å². The van der Waals surface area contributed by atoms with Crippen molar-refractivity contribution < 1.29 is 4.74 Å². The lowest BCUT2D eigenvalue weighted by Crippen LogP contribution is -2.18. The summed E-state index contributed by atoms with van der Waals surface area (Å²) >= 11 is 0. The van der Waals surface area contributed by atoms with Crippen LogP contribution in [0.1, 0.15) is 24.6 Å². The molecule has 0 bridgehead atoms. The SMILES string of the molecule is Cc1cc2c(cn1)ncn2C1CCOCC1. The molecule has 3 rings (SSSR count). The lowest BCUT2D eigenvalue weighted by atomic mass is 10.1. The predicted octanol–water partition coefficient (Wildman–Crippen LogP) is 2.09. The van der Waals surface area contributed by atoms with Gasteiger partial charge < -0.3 is 9.30 Å². The van der Waals surface area contributed by atoms with Crippen molar-refractivity contribution in [1.82, 2.24) is 14.5 Å². The summed E-state index contributed by atoms with van der Waals surface area (Å²) in [6.07, 6.45) is 5.93. The van der Waals surface area contributed by atoms with E-state index in [1.54, 1.807) is 0 Å². The van der Waals surface area contributed by atoms with E-state index in [4.69, 9.17) is 4.74 Å². The second-order valence-electron chi connectivity index (χ2n) is 4.31. The molecule has 4 nitrogen and oxygen atoms in total. The first-order valence-electron chi connectivity index (χ1n) is 5.71. The monoisotopic (exact) mass is 217 g/mol. The largest absolute Gasteiger partial charge is 0.381 e. The Bertz CT molecular complexity index is 500. The Labute approximate surface area is 94.3 Å². The first kappa shape index (κ1) is 9.78. The van der Waals surface area contributed by atoms with Crippen LogP contribution in [0.25, 0.3) is 11.0 Å². The van der Waals surface area contributed by atoms with Crippen LogP contribution in [0.2, 0.25) is 0 Å². The molecular weight excluding hydrogens is 202 g/mol. The number of imidazole rings is 1. The van der Waals surface area contributed by atoms with Gasteiger partial charge in [0.25, 0.3) is 0 Å². The maximum atomic E-state index is 5.39. The maximum absolute atomic E-state index is 5.39. The molecule has 0 N–H and O–H groups in total. The van der Waals surface area contributed by atoms with Crippen molar-refractivity contribution in [3.63, 3.8) is 0 Å². The molecular formula is C12H15N3O. The van der Waals surface area contributed by atoms with Gasteiger partial charge in [0.2, 0.25) is 0 Å². The summed E-state index contributed by atoms with van der Waals surface area (Å²) in [6.45, 7) is 3.73. The normalized spacial score (nSPS) is 18.1. The van der Waals surface area contributed by atoms with Crippen molar-refractivity contribution in [3.8, 4) is 0 Å². The van der Waals surface area contributed by atoms with E-state index in [1.165, 1.54) is 5.52 Å². The van der Waals surface area contributed by atoms with Gasteiger partial charge in [-0.1, -0.05) is 0 Å². The molecule has 1 aliphatic heterocycles. The van der Waals surface area contributed by atoms with E-state index in [0.29, 0.717) is 6.04 Å². The number of aryl methyl sites for hydroxylation is 1. The van der Waals surface area contributed by atoms with Gasteiger partial charge in [-0.2, -0.15) is 0 Å². The van der Waals surface area contributed by atoms with Crippen LogP contribution in [0.4, 0.5) is 0 Å². The molecule has 4 heteroatoms. The first-order chi connectivity index (χ1) is 7.84. The number of rotatable bonds is 1. The van der Waals surface area contributed by atoms with E-state index in [-0.39, 0.29) is 0 Å². The minimum absolute atomic E-state index is 0.528. The molecule has 0 amide bonds. The van der Waals surface area contributed by atoms with Gasteiger partial charge >= 0.3 is 0 Å². The van der Waals surface area contributed by atoms with E-state index in [1.807, 2.05) is 19.4 Å². The molecule has 2 aromatic rings. The zero-order chi connectivity index (χ0) is 11.0. The maximum Gasteiger partial charge on any atom is 0.107 e. The molecule has 0 unspecified atom stereocenters. The highest BCUT2D eigenvalue weighted by Crippen LogP contribution is 2.25. The Balaban J connectivity index is 2.05. The summed E-state index contributed by atoms with van der Waals surface area (Å²) < 4.78 is 7.66. The number of pyridine rings is 1. The number of hydrogen-bond donors (Lipinski definition) is 0. The first-order valence-corrected chi connectivity index (χ1v) is 5.71. The van der Waals surface area contributed by atoms with Gasteiger partial charge in [-0.25, -0.2) is 4.98 Å². The smallest absolute Gasteiger partial charge is 0.107 e. The highest BCUT2D eigenvalue weighted by molar-refractivity contribution is 5.74. The standard InChI is InChI=1S/C12H15N3O/c1-9-6-12-11(7-13-9)14-8-15(12)10-2-4-16-5-3-10/h6-8,10H,2-5H2,1H3. The summed E-state index contributed by atoms with van der Waals surface area (Å²) in [5.74, 6) is 0. The summed E-state index contributed by atoms with van der Waals surface area (Å²) in [5.41, 5.74) is 3.22. The van der Waals surface area contributed by atoms with Gasteiger partial charge in [-0.05, 0) is 25.8 Å². The highest BCUT2D eigenvalue weighted by atomic mass is 16.5. The van der Waals surface area contributed by atoms with Crippen molar-refractivity contribution in [2.45, 2.75) is 25.8 Å². The van der Waals surface area contributed by atoms with Gasteiger partial charge in [-0.3, -0.25) is 4.98 Å². The van der Waals surface area contributed by atoms with E-state index >= 15 is 0 Å². The van der Waals surface area contributed by atoms with E-state index < -0.39 is 0 Å². The zero-order valence-corrected chi connectivity index (χ0v) is 9.39. The van der Waals surface area contributed by atoms with E-state index in [9.17, 15) is 0 Å². The topological polar surface area (TPSA) is 39.9 Å². The van der Waals surface area contributed by atoms with Crippen molar-refractivity contribution in [2.24, 2.45) is 0 Å². The molecule has 0 aromatic carbocycles. The fourth-order valence-electron chi connectivity index (χ4n) is 2.29. The number of fused-ring (bicyclic) bond motifs is 1. The Morgan fingerprint density at radius 3 is 2.94 bits per heavy atom. The Hall–Kier alpha value is -1.42. The molecule has 0 saturated carbocycles. The van der Waals surface area contributed by atoms with Crippen LogP contribution in [0.3, 0.4) is 0 Å². The summed E-state index contributed by atoms with van der Waals surface area (Å²) in [5, 5.41) is 0. The molecule has 0 aliphatic carbocycles. The van der Waals surface area contributed by atoms with E-state index in [0.717, 1.165) is 37.3 Å². The third-order valence-corrected chi connectivity index (χ3v) is 3.18. The fourth-order valence-corrected chi connectivity index (χ4v) is 2.29. The fraction of sp³-hybridized carbons (Fsp3) is 0.500. The minimum Gasteiger partial charge on any atom is -0.381 e. The van der Waals surface area contributed by atoms with Crippen LogP contribution >= 0.6 is 0 Å². The van der Waals surface area contributed by atoms with Gasteiger partial charge in [0, 0.05) is 24.9 Å². The molecule has 1 fully saturated rings. The number of hydrogen-bond acceptors (Lipinski definition) is 3. The minimum atomic E-state index is 0.528. The zero-order valence-electron chi connectivity index (χ0n) is 9.39. The van der Waals surface area contributed by atoms with Crippen LogP contribution in [-0.2, 0) is 4.74 Å². The molecule has 0 atom stereocenters. The van der Waals surface area contributed by atoms with Crippen molar-refractivity contribution >= 4 is 11.0 Å². The number of nitrogens with zero attached hydrogens (tertiary/aromatic N) is 3. The van der Waals surface area contributed by atoms with Crippen LogP contribution in [0.5, 0.6) is 0 Å². The molecule has 1 saturated heterocycles. The van der Waals surface area contributed by atoms with Crippen LogP contribution in [-0.4, -0.2) is 27.7 Å². The second kappa shape index (κ2) is 3.87. The molecule has 2 aromatic heterocycles. The Morgan fingerprint density at radius 1 is 1.31 bits per heavy atom. The van der Waals surface area contributed by atoms with Crippen LogP contribution in [0.15, 0.2) is 18.6 Å². The van der Waals surface area contributed by atoms with Crippen molar-refractivity contribution in [1.29, 1.82) is 0 Å². The molecule has 3 heterocycles. The van der Waals surface area contributed by atoms with Crippen molar-refractivity contribution in [3.05, 3.63) is 24.3 Å². The average Bonchev–Trinajstić information content (AvgIpc) is 2.73. The number of aromatic nitrogens is 3. The molecule has 16 heavy (non-hydrogen) atoms. The van der Waals surface area contributed by atoms with Gasteiger partial charge in [0.05, 0.1) is 18.0 Å². The lowest BCUT2D eigenvalue weighted by molar-refractivity contribution is 0.0706.